The first-order valence-electron chi connectivity index (χ1n) is 16.1. The molecular formula is C47H35V-. The zero-order chi connectivity index (χ0) is 31.7. The molecule has 0 amide bonds. The molecule has 0 bridgehead atoms. The van der Waals surface area contributed by atoms with E-state index < -0.39 is 0 Å². The van der Waals surface area contributed by atoms with Gasteiger partial charge in [0.2, 0.25) is 0 Å². The second kappa shape index (κ2) is 15.8. The van der Waals surface area contributed by atoms with E-state index in [9.17, 15) is 0 Å². The molecule has 0 fully saturated rings. The van der Waals surface area contributed by atoms with Crippen LogP contribution in [0.1, 0.15) is 0 Å². The van der Waals surface area contributed by atoms with Crippen molar-refractivity contribution in [2.24, 2.45) is 0 Å². The average Bonchev–Trinajstić information content (AvgIpc) is 3.77. The van der Waals surface area contributed by atoms with E-state index in [1.807, 2.05) is 30.3 Å². The SMILES string of the molecule is [V].c1cc[cH-]c1.c1ccc(-c2c(-c3ccccc3)c(-c3ccccc3)c(-c3ccccc3)c(-c3ccccc3)c2-c2ccccc2)cc1. The minimum Gasteiger partial charge on any atom is -0.214 e. The fourth-order valence-electron chi connectivity index (χ4n) is 6.43. The third kappa shape index (κ3) is 6.92. The Kier molecular flexibility index (Phi) is 10.7. The summed E-state index contributed by atoms with van der Waals surface area (Å²) in [5, 5.41) is 0. The molecule has 8 aromatic carbocycles. The van der Waals surface area contributed by atoms with Crippen LogP contribution in [0.15, 0.2) is 212 Å². The minimum atomic E-state index is 0. The number of hydrogen-bond acceptors (Lipinski definition) is 0. The summed E-state index contributed by atoms with van der Waals surface area (Å²) in [6, 6.07) is 75.4. The smallest absolute Gasteiger partial charge is 0 e. The van der Waals surface area contributed by atoms with Crippen LogP contribution in [0, 0.1) is 0 Å². The molecule has 1 radical (unpaired) electrons. The first-order chi connectivity index (χ1) is 23.4. The van der Waals surface area contributed by atoms with Crippen molar-refractivity contribution in [1.29, 1.82) is 0 Å². The Morgan fingerprint density at radius 1 is 0.208 bits per heavy atom. The van der Waals surface area contributed by atoms with E-state index in [4.69, 9.17) is 0 Å². The molecule has 0 nitrogen and oxygen atoms in total. The van der Waals surface area contributed by atoms with Crippen LogP contribution < -0.4 is 0 Å². The normalized spacial score (nSPS) is 10.3. The predicted octanol–water partition coefficient (Wildman–Crippen LogP) is 13.1. The van der Waals surface area contributed by atoms with Gasteiger partial charge in [-0.05, 0) is 66.8 Å². The largest absolute Gasteiger partial charge is 0.214 e. The summed E-state index contributed by atoms with van der Waals surface area (Å²) in [5.41, 5.74) is 14.6. The van der Waals surface area contributed by atoms with Crippen molar-refractivity contribution in [1.82, 2.24) is 0 Å². The number of benzene rings is 7. The monoisotopic (exact) mass is 650 g/mol. The molecule has 8 aromatic rings. The van der Waals surface area contributed by atoms with Gasteiger partial charge in [-0.25, -0.2) is 12.1 Å². The van der Waals surface area contributed by atoms with Crippen LogP contribution in [-0.4, -0.2) is 0 Å². The Morgan fingerprint density at radius 3 is 0.500 bits per heavy atom. The van der Waals surface area contributed by atoms with Crippen molar-refractivity contribution in [2.45, 2.75) is 0 Å². The van der Waals surface area contributed by atoms with E-state index >= 15 is 0 Å². The van der Waals surface area contributed by atoms with Gasteiger partial charge in [0.25, 0.3) is 0 Å². The van der Waals surface area contributed by atoms with Crippen LogP contribution in [0.4, 0.5) is 0 Å². The van der Waals surface area contributed by atoms with Gasteiger partial charge in [-0.1, -0.05) is 182 Å². The molecule has 0 aliphatic heterocycles. The number of rotatable bonds is 6. The molecule has 48 heavy (non-hydrogen) atoms. The molecule has 0 aliphatic carbocycles. The van der Waals surface area contributed by atoms with Crippen LogP contribution in [0.25, 0.3) is 66.8 Å². The van der Waals surface area contributed by atoms with Crippen LogP contribution in [0.3, 0.4) is 0 Å². The molecule has 0 aromatic heterocycles. The van der Waals surface area contributed by atoms with Crippen molar-refractivity contribution in [3.63, 3.8) is 0 Å². The Balaban J connectivity index is 0.000000615. The Bertz CT molecular complexity index is 1710. The second-order valence-corrected chi connectivity index (χ2v) is 11.4. The molecule has 1 heteroatoms. The molecule has 0 N–H and O–H groups in total. The van der Waals surface area contributed by atoms with E-state index in [2.05, 4.69) is 182 Å². The summed E-state index contributed by atoms with van der Waals surface area (Å²) in [5.74, 6) is 0. The maximum atomic E-state index is 2.25. The minimum absolute atomic E-state index is 0. The quantitative estimate of drug-likeness (QED) is 0.157. The standard InChI is InChI=1S/C42H30.C5H5.V/c1-7-19-31(20-8-1)37-38(32-21-9-2-10-22-32)40(34-25-13-4-14-26-34)42(36-29-17-6-18-30-36)41(35-27-15-5-16-28-35)39(37)33-23-11-3-12-24-33;1-2-4-5-3-1;/h1-30H;1-5H;/q;-1;. The van der Waals surface area contributed by atoms with E-state index in [0.717, 1.165) is 0 Å². The predicted molar refractivity (Wildman–Crippen MR) is 201 cm³/mol. The third-order valence-corrected chi connectivity index (χ3v) is 8.43. The maximum Gasteiger partial charge on any atom is 0 e. The van der Waals surface area contributed by atoms with Crippen LogP contribution in [0.2, 0.25) is 0 Å². The molecule has 0 aliphatic rings. The van der Waals surface area contributed by atoms with Crippen LogP contribution >= 0.6 is 0 Å². The van der Waals surface area contributed by atoms with E-state index in [1.54, 1.807) is 0 Å². The van der Waals surface area contributed by atoms with Crippen molar-refractivity contribution in [2.75, 3.05) is 0 Å². The Labute approximate surface area is 296 Å². The first-order valence-corrected chi connectivity index (χ1v) is 16.1. The fourth-order valence-corrected chi connectivity index (χ4v) is 6.43. The first kappa shape index (κ1) is 32.4. The molecular weight excluding hydrogens is 615 g/mol. The summed E-state index contributed by atoms with van der Waals surface area (Å²) in [6.07, 6.45) is 0. The maximum absolute atomic E-state index is 2.25. The number of hydrogen-bond donors (Lipinski definition) is 0. The molecule has 0 saturated heterocycles. The van der Waals surface area contributed by atoms with Gasteiger partial charge in [0, 0.05) is 18.6 Å². The summed E-state index contributed by atoms with van der Waals surface area (Å²) in [7, 11) is 0. The Hall–Kier alpha value is -5.53. The molecule has 0 heterocycles. The van der Waals surface area contributed by atoms with Gasteiger partial charge in [0.1, 0.15) is 0 Å². The molecule has 0 saturated carbocycles. The zero-order valence-electron chi connectivity index (χ0n) is 26.7. The second-order valence-electron chi connectivity index (χ2n) is 11.4. The zero-order valence-corrected chi connectivity index (χ0v) is 28.1. The van der Waals surface area contributed by atoms with Crippen molar-refractivity contribution in [3.8, 4) is 66.8 Å². The van der Waals surface area contributed by atoms with Gasteiger partial charge in [-0.15, -0.1) is 0 Å². The third-order valence-electron chi connectivity index (χ3n) is 8.43. The van der Waals surface area contributed by atoms with Gasteiger partial charge in [0.05, 0.1) is 0 Å². The van der Waals surface area contributed by atoms with Crippen molar-refractivity contribution >= 4 is 0 Å². The summed E-state index contributed by atoms with van der Waals surface area (Å²) in [6.45, 7) is 0. The van der Waals surface area contributed by atoms with Crippen LogP contribution in [0.5, 0.6) is 0 Å². The van der Waals surface area contributed by atoms with E-state index in [1.165, 1.54) is 66.8 Å². The average molecular weight is 651 g/mol. The van der Waals surface area contributed by atoms with E-state index in [0.29, 0.717) is 0 Å². The van der Waals surface area contributed by atoms with Crippen LogP contribution in [-0.2, 0) is 18.6 Å². The van der Waals surface area contributed by atoms with Gasteiger partial charge >= 0.3 is 0 Å². The Morgan fingerprint density at radius 2 is 0.375 bits per heavy atom. The topological polar surface area (TPSA) is 0 Å². The fraction of sp³-hybridized carbons (Fsp3) is 0. The van der Waals surface area contributed by atoms with E-state index in [-0.39, 0.29) is 18.6 Å². The molecule has 8 rings (SSSR count). The van der Waals surface area contributed by atoms with Gasteiger partial charge in [-0.3, -0.25) is 0 Å². The van der Waals surface area contributed by atoms with Crippen molar-refractivity contribution < 1.29 is 18.6 Å². The van der Waals surface area contributed by atoms with Crippen molar-refractivity contribution in [3.05, 3.63) is 212 Å². The summed E-state index contributed by atoms with van der Waals surface area (Å²) < 4.78 is 0. The summed E-state index contributed by atoms with van der Waals surface area (Å²) in [4.78, 5) is 0. The molecule has 0 spiro atoms. The molecule has 0 atom stereocenters. The molecule has 0 unspecified atom stereocenters. The van der Waals surface area contributed by atoms with Gasteiger partial charge in [0.15, 0.2) is 0 Å². The molecule has 229 valence electrons. The van der Waals surface area contributed by atoms with Gasteiger partial charge in [-0.2, -0.15) is 18.2 Å². The summed E-state index contributed by atoms with van der Waals surface area (Å²) >= 11 is 0. The van der Waals surface area contributed by atoms with Gasteiger partial charge < -0.3 is 0 Å².